The molecule has 1 fully saturated rings. The highest BCUT2D eigenvalue weighted by Crippen LogP contribution is 2.17. The Labute approximate surface area is 132 Å². The molecular weight excluding hydrogens is 276 g/mol. The molecule has 1 aromatic rings. The standard InChI is InChI=1S/C17H28N4O/c1-14-8-7-11-16(22)21(14)13-6-5-12-19-17(18-2)20-15-9-3-4-10-15/h7-8,11,15H,3-6,9-10,12-13H2,1-2H3,(H2,18,19,20). The van der Waals surface area contributed by atoms with E-state index >= 15 is 0 Å². The molecular formula is C17H28N4O. The molecule has 0 spiro atoms. The number of nitrogens with zero attached hydrogens (tertiary/aromatic N) is 2. The number of aliphatic imine (C=N–C) groups is 1. The summed E-state index contributed by atoms with van der Waals surface area (Å²) in [5.74, 6) is 0.903. The van der Waals surface area contributed by atoms with Crippen LogP contribution in [0.25, 0.3) is 0 Å². The third-order valence-electron chi connectivity index (χ3n) is 4.29. The normalized spacial score (nSPS) is 16.0. The van der Waals surface area contributed by atoms with Crippen LogP contribution in [0.15, 0.2) is 28.0 Å². The number of rotatable bonds is 6. The summed E-state index contributed by atoms with van der Waals surface area (Å²) < 4.78 is 1.84. The fourth-order valence-electron chi connectivity index (χ4n) is 2.97. The highest BCUT2D eigenvalue weighted by molar-refractivity contribution is 5.79. The Morgan fingerprint density at radius 2 is 2.09 bits per heavy atom. The topological polar surface area (TPSA) is 58.4 Å². The van der Waals surface area contributed by atoms with E-state index in [9.17, 15) is 4.79 Å². The van der Waals surface area contributed by atoms with E-state index in [0.29, 0.717) is 6.04 Å². The van der Waals surface area contributed by atoms with Gasteiger partial charge in [0.05, 0.1) is 0 Å². The molecule has 1 aliphatic carbocycles. The Balaban J connectivity index is 1.67. The summed E-state index contributed by atoms with van der Waals surface area (Å²) in [4.78, 5) is 16.0. The highest BCUT2D eigenvalue weighted by Gasteiger charge is 2.15. The number of hydrogen-bond donors (Lipinski definition) is 2. The molecule has 2 N–H and O–H groups in total. The zero-order valence-corrected chi connectivity index (χ0v) is 13.8. The van der Waals surface area contributed by atoms with E-state index in [-0.39, 0.29) is 5.56 Å². The highest BCUT2D eigenvalue weighted by atomic mass is 16.1. The van der Waals surface area contributed by atoms with Gasteiger partial charge in [-0.2, -0.15) is 0 Å². The molecule has 0 aliphatic heterocycles. The van der Waals surface area contributed by atoms with Crippen LogP contribution in [0.2, 0.25) is 0 Å². The Hall–Kier alpha value is -1.78. The predicted molar refractivity (Wildman–Crippen MR) is 91.4 cm³/mol. The largest absolute Gasteiger partial charge is 0.356 e. The molecule has 1 saturated carbocycles. The number of aryl methyl sites for hydroxylation is 1. The number of hydrogen-bond acceptors (Lipinski definition) is 2. The quantitative estimate of drug-likeness (QED) is 0.480. The second kappa shape index (κ2) is 8.61. The van der Waals surface area contributed by atoms with Crippen molar-refractivity contribution in [2.24, 2.45) is 4.99 Å². The second-order valence-electron chi connectivity index (χ2n) is 5.99. The van der Waals surface area contributed by atoms with Gasteiger partial charge in [0.25, 0.3) is 5.56 Å². The van der Waals surface area contributed by atoms with Crippen LogP contribution in [0, 0.1) is 6.92 Å². The van der Waals surface area contributed by atoms with Crippen LogP contribution in [-0.2, 0) is 6.54 Å². The first-order valence-corrected chi connectivity index (χ1v) is 8.34. The summed E-state index contributed by atoms with van der Waals surface area (Å²) in [5, 5.41) is 6.84. The minimum atomic E-state index is 0.0895. The van der Waals surface area contributed by atoms with Crippen molar-refractivity contribution in [1.82, 2.24) is 15.2 Å². The third-order valence-corrected chi connectivity index (χ3v) is 4.29. The Morgan fingerprint density at radius 1 is 1.32 bits per heavy atom. The molecule has 0 saturated heterocycles. The average molecular weight is 304 g/mol. The van der Waals surface area contributed by atoms with Crippen molar-refractivity contribution in [2.75, 3.05) is 13.6 Å². The summed E-state index contributed by atoms with van der Waals surface area (Å²) in [6.45, 7) is 3.64. The van der Waals surface area contributed by atoms with Crippen LogP contribution in [0.4, 0.5) is 0 Å². The molecule has 0 unspecified atom stereocenters. The van der Waals surface area contributed by atoms with E-state index in [2.05, 4.69) is 15.6 Å². The zero-order valence-electron chi connectivity index (χ0n) is 13.8. The fourth-order valence-corrected chi connectivity index (χ4v) is 2.97. The van der Waals surface area contributed by atoms with Gasteiger partial charge in [0, 0.05) is 37.9 Å². The number of nitrogens with one attached hydrogen (secondary N) is 2. The Kier molecular flexibility index (Phi) is 6.49. The maximum atomic E-state index is 11.8. The van der Waals surface area contributed by atoms with Crippen LogP contribution < -0.4 is 16.2 Å². The molecule has 22 heavy (non-hydrogen) atoms. The molecule has 1 aliphatic rings. The Morgan fingerprint density at radius 3 is 2.77 bits per heavy atom. The van der Waals surface area contributed by atoms with Gasteiger partial charge in [0.2, 0.25) is 0 Å². The molecule has 1 heterocycles. The van der Waals surface area contributed by atoms with E-state index in [1.54, 1.807) is 6.07 Å². The van der Waals surface area contributed by atoms with Crippen LogP contribution in [0.3, 0.4) is 0 Å². The lowest BCUT2D eigenvalue weighted by atomic mass is 10.2. The van der Waals surface area contributed by atoms with Crippen molar-refractivity contribution in [1.29, 1.82) is 0 Å². The molecule has 2 rings (SSSR count). The summed E-state index contributed by atoms with van der Waals surface area (Å²) in [6.07, 6.45) is 7.14. The smallest absolute Gasteiger partial charge is 0.250 e. The maximum Gasteiger partial charge on any atom is 0.250 e. The molecule has 0 bridgehead atoms. The lowest BCUT2D eigenvalue weighted by Crippen LogP contribution is -2.42. The second-order valence-corrected chi connectivity index (χ2v) is 5.99. The first-order valence-electron chi connectivity index (χ1n) is 8.34. The van der Waals surface area contributed by atoms with Gasteiger partial charge in [0.1, 0.15) is 0 Å². The molecule has 0 radical (unpaired) electrons. The summed E-state index contributed by atoms with van der Waals surface area (Å²) >= 11 is 0. The Bertz CT molecular complexity index is 544. The molecule has 5 nitrogen and oxygen atoms in total. The van der Waals surface area contributed by atoms with Crippen molar-refractivity contribution in [3.05, 3.63) is 34.2 Å². The first kappa shape index (κ1) is 16.6. The fraction of sp³-hybridized carbons (Fsp3) is 0.647. The van der Waals surface area contributed by atoms with Crippen LogP contribution >= 0.6 is 0 Å². The maximum absolute atomic E-state index is 11.8. The van der Waals surface area contributed by atoms with Gasteiger partial charge in [-0.25, -0.2) is 0 Å². The van der Waals surface area contributed by atoms with Crippen molar-refractivity contribution in [3.63, 3.8) is 0 Å². The van der Waals surface area contributed by atoms with Gasteiger partial charge >= 0.3 is 0 Å². The van der Waals surface area contributed by atoms with Gasteiger partial charge in [0.15, 0.2) is 5.96 Å². The van der Waals surface area contributed by atoms with Crippen LogP contribution in [0.1, 0.15) is 44.2 Å². The molecule has 0 aromatic carbocycles. The van der Waals surface area contributed by atoms with Crippen LogP contribution in [0.5, 0.6) is 0 Å². The number of pyridine rings is 1. The van der Waals surface area contributed by atoms with E-state index in [1.165, 1.54) is 25.7 Å². The van der Waals surface area contributed by atoms with Gasteiger partial charge in [-0.1, -0.05) is 18.9 Å². The van der Waals surface area contributed by atoms with Crippen LogP contribution in [-0.4, -0.2) is 30.2 Å². The first-order chi connectivity index (χ1) is 10.7. The lowest BCUT2D eigenvalue weighted by molar-refractivity contribution is 0.567. The van der Waals surface area contributed by atoms with Crippen molar-refractivity contribution in [2.45, 2.75) is 58.0 Å². The van der Waals surface area contributed by atoms with Gasteiger partial charge in [-0.3, -0.25) is 9.79 Å². The van der Waals surface area contributed by atoms with E-state index in [0.717, 1.165) is 37.6 Å². The SMILES string of the molecule is CN=C(NCCCCn1c(C)cccc1=O)NC1CCCC1. The third kappa shape index (κ3) is 4.90. The lowest BCUT2D eigenvalue weighted by Gasteiger charge is -2.17. The minimum absolute atomic E-state index is 0.0895. The monoisotopic (exact) mass is 304 g/mol. The van der Waals surface area contributed by atoms with E-state index in [1.807, 2.05) is 30.7 Å². The molecule has 0 atom stereocenters. The molecule has 122 valence electrons. The minimum Gasteiger partial charge on any atom is -0.356 e. The summed E-state index contributed by atoms with van der Waals surface area (Å²) in [6, 6.07) is 6.00. The van der Waals surface area contributed by atoms with Gasteiger partial charge in [-0.05, 0) is 38.7 Å². The predicted octanol–water partition coefficient (Wildman–Crippen LogP) is 2.04. The molecule has 5 heteroatoms. The van der Waals surface area contributed by atoms with Crippen molar-refractivity contribution >= 4 is 5.96 Å². The van der Waals surface area contributed by atoms with E-state index in [4.69, 9.17) is 0 Å². The summed E-state index contributed by atoms with van der Waals surface area (Å²) in [5.41, 5.74) is 1.12. The van der Waals surface area contributed by atoms with Gasteiger partial charge < -0.3 is 15.2 Å². The molecule has 1 aromatic heterocycles. The van der Waals surface area contributed by atoms with Gasteiger partial charge in [-0.15, -0.1) is 0 Å². The van der Waals surface area contributed by atoms with E-state index < -0.39 is 0 Å². The average Bonchev–Trinajstić information content (AvgIpc) is 3.01. The number of aromatic nitrogens is 1. The molecule has 0 amide bonds. The number of unbranched alkanes of at least 4 members (excludes halogenated alkanes) is 1. The van der Waals surface area contributed by atoms with Crippen molar-refractivity contribution in [3.8, 4) is 0 Å². The van der Waals surface area contributed by atoms with Crippen molar-refractivity contribution < 1.29 is 0 Å². The number of guanidine groups is 1. The summed E-state index contributed by atoms with van der Waals surface area (Å²) in [7, 11) is 1.82. The zero-order chi connectivity index (χ0) is 15.8.